The highest BCUT2D eigenvalue weighted by Gasteiger charge is 2.08. The molecule has 0 fully saturated rings. The molecule has 2 N–H and O–H groups in total. The summed E-state index contributed by atoms with van der Waals surface area (Å²) in [6.07, 6.45) is 7.25. The van der Waals surface area contributed by atoms with Crippen LogP contribution in [0.15, 0.2) is 24.9 Å². The first-order chi connectivity index (χ1) is 9.81. The lowest BCUT2D eigenvalue weighted by Gasteiger charge is -2.09. The summed E-state index contributed by atoms with van der Waals surface area (Å²) in [6.45, 7) is 3.45. The van der Waals surface area contributed by atoms with E-state index in [9.17, 15) is 0 Å². The summed E-state index contributed by atoms with van der Waals surface area (Å²) < 4.78 is 3.91. The maximum absolute atomic E-state index is 4.48. The largest absolute Gasteiger partial charge is 0.372 e. The van der Waals surface area contributed by atoms with Crippen molar-refractivity contribution in [3.63, 3.8) is 0 Å². The predicted octanol–water partition coefficient (Wildman–Crippen LogP) is 0.994. The Hall–Kier alpha value is -2.64. The summed E-state index contributed by atoms with van der Waals surface area (Å²) in [7, 11) is 1.84. The van der Waals surface area contributed by atoms with E-state index in [0.717, 1.165) is 23.8 Å². The molecule has 0 saturated carbocycles. The standard InChI is InChI=1S/C12H16N8/c1-3-19-8-16-18-10(19)6-15-11-12-14-4-5-20(12)7-9(13-2)17-11/h4-5,7-8,13H,3,6H2,1-2H3,(H,15,17). The van der Waals surface area contributed by atoms with Crippen LogP contribution in [-0.2, 0) is 13.1 Å². The molecule has 8 heteroatoms. The van der Waals surface area contributed by atoms with E-state index in [1.165, 1.54) is 0 Å². The van der Waals surface area contributed by atoms with Crippen LogP contribution in [0.5, 0.6) is 0 Å². The van der Waals surface area contributed by atoms with Crippen molar-refractivity contribution >= 4 is 17.3 Å². The molecular weight excluding hydrogens is 256 g/mol. The third-order valence-corrected chi connectivity index (χ3v) is 3.08. The molecule has 3 rings (SSSR count). The maximum atomic E-state index is 4.48. The average molecular weight is 272 g/mol. The molecule has 3 aromatic heterocycles. The zero-order valence-electron chi connectivity index (χ0n) is 11.4. The number of aryl methyl sites for hydroxylation is 1. The number of nitrogens with one attached hydrogen (secondary N) is 2. The lowest BCUT2D eigenvalue weighted by molar-refractivity contribution is 0.707. The van der Waals surface area contributed by atoms with Gasteiger partial charge >= 0.3 is 0 Å². The van der Waals surface area contributed by atoms with Crippen LogP contribution in [-0.4, -0.2) is 36.2 Å². The molecule has 0 aliphatic carbocycles. The smallest absolute Gasteiger partial charge is 0.180 e. The van der Waals surface area contributed by atoms with Crippen molar-refractivity contribution in [2.45, 2.75) is 20.0 Å². The van der Waals surface area contributed by atoms with E-state index in [-0.39, 0.29) is 0 Å². The van der Waals surface area contributed by atoms with E-state index in [0.29, 0.717) is 12.4 Å². The molecule has 0 aliphatic heterocycles. The zero-order chi connectivity index (χ0) is 13.9. The average Bonchev–Trinajstić information content (AvgIpc) is 3.12. The van der Waals surface area contributed by atoms with E-state index in [4.69, 9.17) is 0 Å². The highest BCUT2D eigenvalue weighted by molar-refractivity contribution is 5.65. The summed E-state index contributed by atoms with van der Waals surface area (Å²) in [6, 6.07) is 0. The molecule has 0 saturated heterocycles. The number of aromatic nitrogens is 6. The fourth-order valence-corrected chi connectivity index (χ4v) is 2.01. The Balaban J connectivity index is 1.88. The van der Waals surface area contributed by atoms with Gasteiger partial charge in [-0.15, -0.1) is 10.2 Å². The van der Waals surface area contributed by atoms with Crippen molar-refractivity contribution in [1.29, 1.82) is 0 Å². The molecule has 3 heterocycles. The van der Waals surface area contributed by atoms with Crippen molar-refractivity contribution in [2.24, 2.45) is 0 Å². The second kappa shape index (κ2) is 5.16. The monoisotopic (exact) mass is 272 g/mol. The van der Waals surface area contributed by atoms with Crippen LogP contribution in [0.4, 0.5) is 11.6 Å². The SMILES string of the molecule is CCn1cnnc1CNc1nc(NC)cn2ccnc12. The van der Waals surface area contributed by atoms with Crippen LogP contribution in [0.1, 0.15) is 12.7 Å². The molecule has 8 nitrogen and oxygen atoms in total. The first kappa shape index (κ1) is 12.4. The molecule has 0 aliphatic rings. The summed E-state index contributed by atoms with van der Waals surface area (Å²) in [5, 5.41) is 14.3. The fourth-order valence-electron chi connectivity index (χ4n) is 2.01. The van der Waals surface area contributed by atoms with Gasteiger partial charge < -0.3 is 19.6 Å². The van der Waals surface area contributed by atoms with Crippen molar-refractivity contribution < 1.29 is 0 Å². The van der Waals surface area contributed by atoms with Gasteiger partial charge in [0.15, 0.2) is 17.3 Å². The molecular formula is C12H16N8. The Labute approximate surface area is 115 Å². The van der Waals surface area contributed by atoms with Crippen LogP contribution >= 0.6 is 0 Å². The fraction of sp³-hybridized carbons (Fsp3) is 0.333. The normalized spacial score (nSPS) is 10.9. The van der Waals surface area contributed by atoms with Gasteiger partial charge in [0.2, 0.25) is 0 Å². The zero-order valence-corrected chi connectivity index (χ0v) is 11.4. The summed E-state index contributed by atoms with van der Waals surface area (Å²) in [4.78, 5) is 8.79. The highest BCUT2D eigenvalue weighted by atomic mass is 15.3. The van der Waals surface area contributed by atoms with Crippen LogP contribution in [0.3, 0.4) is 0 Å². The van der Waals surface area contributed by atoms with Crippen LogP contribution in [0.2, 0.25) is 0 Å². The van der Waals surface area contributed by atoms with E-state index in [1.54, 1.807) is 12.5 Å². The first-order valence-electron chi connectivity index (χ1n) is 6.44. The van der Waals surface area contributed by atoms with Gasteiger partial charge in [-0.3, -0.25) is 0 Å². The molecule has 0 aromatic carbocycles. The Morgan fingerprint density at radius 2 is 2.25 bits per heavy atom. The maximum Gasteiger partial charge on any atom is 0.180 e. The lowest BCUT2D eigenvalue weighted by Crippen LogP contribution is -2.10. The molecule has 0 radical (unpaired) electrons. The van der Waals surface area contributed by atoms with E-state index in [2.05, 4.69) is 37.7 Å². The van der Waals surface area contributed by atoms with Crippen LogP contribution in [0, 0.1) is 0 Å². The second-order valence-corrected chi connectivity index (χ2v) is 4.27. The van der Waals surface area contributed by atoms with E-state index in [1.807, 2.05) is 28.4 Å². The molecule has 0 atom stereocenters. The third kappa shape index (κ3) is 2.15. The van der Waals surface area contributed by atoms with E-state index < -0.39 is 0 Å². The molecule has 0 unspecified atom stereocenters. The van der Waals surface area contributed by atoms with Gasteiger partial charge in [0, 0.05) is 26.0 Å². The summed E-state index contributed by atoms with van der Waals surface area (Å²) >= 11 is 0. The number of fused-ring (bicyclic) bond motifs is 1. The first-order valence-corrected chi connectivity index (χ1v) is 6.44. The van der Waals surface area contributed by atoms with E-state index >= 15 is 0 Å². The highest BCUT2D eigenvalue weighted by Crippen LogP contribution is 2.16. The van der Waals surface area contributed by atoms with Crippen molar-refractivity contribution in [3.05, 3.63) is 30.7 Å². The van der Waals surface area contributed by atoms with Crippen LogP contribution < -0.4 is 10.6 Å². The second-order valence-electron chi connectivity index (χ2n) is 4.27. The van der Waals surface area contributed by atoms with Gasteiger partial charge in [-0.05, 0) is 6.92 Å². The molecule has 3 aromatic rings. The summed E-state index contributed by atoms with van der Waals surface area (Å²) in [5.74, 6) is 2.36. The minimum Gasteiger partial charge on any atom is -0.372 e. The number of nitrogens with zero attached hydrogens (tertiary/aromatic N) is 6. The molecule has 0 spiro atoms. The Kier molecular flexibility index (Phi) is 3.20. The topological polar surface area (TPSA) is 85.0 Å². The minimum absolute atomic E-state index is 0.552. The van der Waals surface area contributed by atoms with Crippen molar-refractivity contribution in [1.82, 2.24) is 29.1 Å². The van der Waals surface area contributed by atoms with Crippen LogP contribution in [0.25, 0.3) is 5.65 Å². The Morgan fingerprint density at radius 1 is 1.35 bits per heavy atom. The van der Waals surface area contributed by atoms with Crippen molar-refractivity contribution in [3.8, 4) is 0 Å². The number of anilines is 2. The van der Waals surface area contributed by atoms with Gasteiger partial charge in [-0.2, -0.15) is 0 Å². The Morgan fingerprint density at radius 3 is 3.05 bits per heavy atom. The van der Waals surface area contributed by atoms with Gasteiger partial charge in [0.1, 0.15) is 12.1 Å². The predicted molar refractivity (Wildman–Crippen MR) is 75.6 cm³/mol. The number of hydrogen-bond donors (Lipinski definition) is 2. The third-order valence-electron chi connectivity index (χ3n) is 3.08. The minimum atomic E-state index is 0.552. The Bertz CT molecular complexity index is 713. The molecule has 0 bridgehead atoms. The van der Waals surface area contributed by atoms with Gasteiger partial charge in [-0.25, -0.2) is 9.97 Å². The number of imidazole rings is 1. The van der Waals surface area contributed by atoms with Gasteiger partial charge in [0.25, 0.3) is 0 Å². The van der Waals surface area contributed by atoms with Gasteiger partial charge in [-0.1, -0.05) is 0 Å². The van der Waals surface area contributed by atoms with Gasteiger partial charge in [0.05, 0.1) is 12.7 Å². The summed E-state index contributed by atoms with van der Waals surface area (Å²) in [5.41, 5.74) is 0.784. The molecule has 20 heavy (non-hydrogen) atoms. The molecule has 0 amide bonds. The number of hydrogen-bond acceptors (Lipinski definition) is 6. The molecule has 104 valence electrons. The quantitative estimate of drug-likeness (QED) is 0.720. The number of rotatable bonds is 5. The lowest BCUT2D eigenvalue weighted by atomic mass is 10.5. The van der Waals surface area contributed by atoms with Crippen molar-refractivity contribution in [2.75, 3.05) is 17.7 Å².